The first-order valence-electron chi connectivity index (χ1n) is 2.82. The van der Waals surface area contributed by atoms with Gasteiger partial charge in [-0.3, -0.25) is 0 Å². The van der Waals surface area contributed by atoms with Gasteiger partial charge in [-0.25, -0.2) is 0 Å². The summed E-state index contributed by atoms with van der Waals surface area (Å²) >= 11 is 5.78. The van der Waals surface area contributed by atoms with Crippen molar-refractivity contribution in [3.05, 3.63) is 23.5 Å². The molecule has 0 saturated heterocycles. The average Bonchev–Trinajstić information content (AvgIpc) is 2.36. The van der Waals surface area contributed by atoms with Crippen LogP contribution in [0, 0.1) is 0 Å². The first-order valence-corrected chi connectivity index (χ1v) is 3.20. The first-order chi connectivity index (χ1) is 4.88. The topological polar surface area (TPSA) is 41.6 Å². The number of rotatable bonds is 0. The van der Waals surface area contributed by atoms with E-state index >= 15 is 0 Å². The van der Waals surface area contributed by atoms with Crippen LogP contribution in [-0.2, 0) is 0 Å². The summed E-state index contributed by atoms with van der Waals surface area (Å²) in [4.78, 5) is 2.90. The number of halogens is 1. The van der Waals surface area contributed by atoms with Gasteiger partial charge in [-0.2, -0.15) is 5.10 Å². The van der Waals surface area contributed by atoms with E-state index in [1.165, 1.54) is 6.20 Å². The highest BCUT2D eigenvalue weighted by molar-refractivity contribution is 6.34. The van der Waals surface area contributed by atoms with Gasteiger partial charge in [-0.05, 0) is 6.07 Å². The maximum atomic E-state index is 5.78. The Morgan fingerprint density at radius 1 is 1.50 bits per heavy atom. The van der Waals surface area contributed by atoms with Crippen LogP contribution >= 0.6 is 11.6 Å². The maximum Gasteiger partial charge on any atom is 0.161 e. The number of aromatic nitrogens is 3. The van der Waals surface area contributed by atoms with Crippen molar-refractivity contribution in [2.45, 2.75) is 0 Å². The molecule has 2 rings (SSSR count). The molecule has 0 atom stereocenters. The molecule has 0 amide bonds. The van der Waals surface area contributed by atoms with Crippen LogP contribution in [0.15, 0.2) is 18.5 Å². The molecule has 0 spiro atoms. The molecule has 0 fully saturated rings. The molecule has 50 valence electrons. The van der Waals surface area contributed by atoms with Crippen LogP contribution in [0.4, 0.5) is 0 Å². The number of H-pyrrole nitrogens is 1. The Morgan fingerprint density at radius 2 is 2.40 bits per heavy atom. The lowest BCUT2D eigenvalue weighted by atomic mass is 10.4. The molecule has 0 saturated carbocycles. The number of hydrogen-bond donors (Lipinski definition) is 1. The summed E-state index contributed by atoms with van der Waals surface area (Å²) in [6.07, 6.45) is 3.31. The smallest absolute Gasteiger partial charge is 0.161 e. The van der Waals surface area contributed by atoms with Crippen molar-refractivity contribution in [2.24, 2.45) is 0 Å². The van der Waals surface area contributed by atoms with Crippen LogP contribution in [0.25, 0.3) is 11.0 Å². The number of fused-ring (bicyclic) bond motifs is 1. The molecule has 0 bridgehead atoms. The third-order valence-corrected chi connectivity index (χ3v) is 1.61. The largest absolute Gasteiger partial charge is 0.345 e. The minimum atomic E-state index is 0.631. The highest BCUT2D eigenvalue weighted by atomic mass is 35.5. The van der Waals surface area contributed by atoms with Gasteiger partial charge >= 0.3 is 0 Å². The van der Waals surface area contributed by atoms with Crippen molar-refractivity contribution in [1.82, 2.24) is 15.2 Å². The molecule has 4 heteroatoms. The van der Waals surface area contributed by atoms with E-state index in [0.717, 1.165) is 11.0 Å². The molecule has 2 aromatic heterocycles. The van der Waals surface area contributed by atoms with Gasteiger partial charge in [-0.1, -0.05) is 11.6 Å². The van der Waals surface area contributed by atoms with E-state index < -0.39 is 0 Å². The average molecular weight is 154 g/mol. The van der Waals surface area contributed by atoms with Crippen LogP contribution in [0.3, 0.4) is 0 Å². The Bertz CT molecular complexity index is 355. The fourth-order valence-corrected chi connectivity index (χ4v) is 1.04. The summed E-state index contributed by atoms with van der Waals surface area (Å²) in [6, 6.07) is 1.87. The number of nitrogens with one attached hydrogen (secondary N) is 1. The van der Waals surface area contributed by atoms with Crippen molar-refractivity contribution >= 4 is 22.6 Å². The molecule has 0 aliphatic heterocycles. The third kappa shape index (κ3) is 0.675. The zero-order valence-electron chi connectivity index (χ0n) is 5.00. The summed E-state index contributed by atoms with van der Waals surface area (Å²) < 4.78 is 0. The zero-order valence-corrected chi connectivity index (χ0v) is 5.76. The number of nitrogens with zero attached hydrogens (tertiary/aromatic N) is 2. The molecule has 3 nitrogen and oxygen atoms in total. The Labute approximate surface area is 62.0 Å². The monoisotopic (exact) mass is 153 g/mol. The van der Waals surface area contributed by atoms with E-state index in [1.807, 2.05) is 6.07 Å². The number of hydrogen-bond acceptors (Lipinski definition) is 2. The Morgan fingerprint density at radius 3 is 3.20 bits per heavy atom. The molecule has 0 aliphatic rings. The minimum Gasteiger partial charge on any atom is -0.345 e. The van der Waals surface area contributed by atoms with Gasteiger partial charge in [0.05, 0.1) is 11.2 Å². The van der Waals surface area contributed by atoms with Crippen molar-refractivity contribution in [1.29, 1.82) is 0 Å². The summed E-state index contributed by atoms with van der Waals surface area (Å²) in [5, 5.41) is 9.03. The standard InChI is InChI=1S/C6H4ClN3/c7-5-3-9-10-6-4(5)1-2-8-6/h1-3H,(H,8,10). The van der Waals surface area contributed by atoms with Gasteiger partial charge < -0.3 is 4.98 Å². The van der Waals surface area contributed by atoms with Gasteiger partial charge in [0.15, 0.2) is 5.65 Å². The predicted octanol–water partition coefficient (Wildman–Crippen LogP) is 1.61. The van der Waals surface area contributed by atoms with Crippen LogP contribution in [-0.4, -0.2) is 15.2 Å². The second-order valence-electron chi connectivity index (χ2n) is 1.93. The Balaban J connectivity index is 2.95. The molecule has 0 aromatic carbocycles. The van der Waals surface area contributed by atoms with Crippen molar-refractivity contribution in [3.63, 3.8) is 0 Å². The molecule has 2 aromatic rings. The molecule has 0 aliphatic carbocycles. The number of aromatic amines is 1. The molecule has 10 heavy (non-hydrogen) atoms. The van der Waals surface area contributed by atoms with Crippen LogP contribution < -0.4 is 0 Å². The molecule has 0 unspecified atom stereocenters. The second kappa shape index (κ2) is 1.95. The molecule has 1 N–H and O–H groups in total. The van der Waals surface area contributed by atoms with Crippen molar-refractivity contribution in [3.8, 4) is 0 Å². The SMILES string of the molecule is Clc1cnnc2[nH]ccc12. The molecule has 2 heterocycles. The molecular formula is C6H4ClN3. The lowest BCUT2D eigenvalue weighted by Gasteiger charge is -1.87. The van der Waals surface area contributed by atoms with Crippen LogP contribution in [0.1, 0.15) is 0 Å². The summed E-state index contributed by atoms with van der Waals surface area (Å²) in [5.74, 6) is 0. The maximum absolute atomic E-state index is 5.78. The molecule has 0 radical (unpaired) electrons. The minimum absolute atomic E-state index is 0.631. The first kappa shape index (κ1) is 5.68. The Kier molecular flexibility index (Phi) is 1.11. The summed E-state index contributed by atoms with van der Waals surface area (Å²) in [6.45, 7) is 0. The third-order valence-electron chi connectivity index (χ3n) is 1.31. The molecular weight excluding hydrogens is 150 g/mol. The van der Waals surface area contributed by atoms with Crippen molar-refractivity contribution in [2.75, 3.05) is 0 Å². The van der Waals surface area contributed by atoms with Gasteiger partial charge in [0, 0.05) is 11.6 Å². The van der Waals surface area contributed by atoms with E-state index in [-0.39, 0.29) is 0 Å². The second-order valence-corrected chi connectivity index (χ2v) is 2.34. The van der Waals surface area contributed by atoms with E-state index in [2.05, 4.69) is 15.2 Å². The summed E-state index contributed by atoms with van der Waals surface area (Å²) in [7, 11) is 0. The van der Waals surface area contributed by atoms with Crippen LogP contribution in [0.2, 0.25) is 5.02 Å². The van der Waals surface area contributed by atoms with E-state index in [9.17, 15) is 0 Å². The lowest BCUT2D eigenvalue weighted by Crippen LogP contribution is -1.80. The van der Waals surface area contributed by atoms with E-state index in [0.29, 0.717) is 5.02 Å². The highest BCUT2D eigenvalue weighted by Gasteiger charge is 1.98. The fraction of sp³-hybridized carbons (Fsp3) is 0. The normalized spacial score (nSPS) is 10.5. The Hall–Kier alpha value is -1.09. The van der Waals surface area contributed by atoms with Gasteiger partial charge in [0.1, 0.15) is 0 Å². The fourth-order valence-electron chi connectivity index (χ4n) is 0.843. The summed E-state index contributed by atoms with van der Waals surface area (Å²) in [5.41, 5.74) is 0.729. The van der Waals surface area contributed by atoms with Crippen molar-refractivity contribution < 1.29 is 0 Å². The van der Waals surface area contributed by atoms with Crippen LogP contribution in [0.5, 0.6) is 0 Å². The van der Waals surface area contributed by atoms with E-state index in [1.54, 1.807) is 6.20 Å². The van der Waals surface area contributed by atoms with Gasteiger partial charge in [-0.15, -0.1) is 5.10 Å². The zero-order chi connectivity index (χ0) is 6.97. The van der Waals surface area contributed by atoms with E-state index in [4.69, 9.17) is 11.6 Å². The highest BCUT2D eigenvalue weighted by Crippen LogP contribution is 2.17. The van der Waals surface area contributed by atoms with Gasteiger partial charge in [0.2, 0.25) is 0 Å². The quantitative estimate of drug-likeness (QED) is 0.625. The predicted molar refractivity (Wildman–Crippen MR) is 38.9 cm³/mol. The lowest BCUT2D eigenvalue weighted by molar-refractivity contribution is 1.06. The van der Waals surface area contributed by atoms with Gasteiger partial charge in [0.25, 0.3) is 0 Å².